The largest absolute Gasteiger partial charge is 0.435 e. The van der Waals surface area contributed by atoms with E-state index >= 15 is 0 Å². The number of aromatic nitrogens is 2. The zero-order chi connectivity index (χ0) is 10.3. The summed E-state index contributed by atoms with van der Waals surface area (Å²) in [6.07, 6.45) is 1.86. The molecule has 0 radical (unpaired) electrons. The summed E-state index contributed by atoms with van der Waals surface area (Å²) in [5.74, 6) is 0.643. The minimum Gasteiger partial charge on any atom is -0.435 e. The summed E-state index contributed by atoms with van der Waals surface area (Å²) in [7, 11) is 0. The first-order chi connectivity index (χ1) is 7.34. The number of hydrogen-bond donors (Lipinski definition) is 1. The molecule has 0 atom stereocenters. The van der Waals surface area contributed by atoms with Crippen LogP contribution in [0.15, 0.2) is 40.9 Å². The van der Waals surface area contributed by atoms with Crippen LogP contribution in [-0.2, 0) is 0 Å². The average molecular weight is 198 g/mol. The molecule has 0 amide bonds. The van der Waals surface area contributed by atoms with Crippen LogP contribution >= 0.6 is 0 Å². The molecular weight excluding hydrogens is 188 g/mol. The minimum absolute atomic E-state index is 0.643. The SMILES string of the molecule is Cc1cccc2oc(-c3ccc[nH]3)nc12. The van der Waals surface area contributed by atoms with Gasteiger partial charge >= 0.3 is 0 Å². The van der Waals surface area contributed by atoms with Crippen LogP contribution in [0.2, 0.25) is 0 Å². The summed E-state index contributed by atoms with van der Waals surface area (Å²) in [6, 6.07) is 9.81. The van der Waals surface area contributed by atoms with Gasteiger partial charge in [-0.2, -0.15) is 0 Å². The quantitative estimate of drug-likeness (QED) is 0.652. The first kappa shape index (κ1) is 8.29. The van der Waals surface area contributed by atoms with Gasteiger partial charge in [0.2, 0.25) is 5.89 Å². The molecule has 0 bridgehead atoms. The van der Waals surface area contributed by atoms with Crippen molar-refractivity contribution in [1.82, 2.24) is 9.97 Å². The molecule has 2 heterocycles. The van der Waals surface area contributed by atoms with Gasteiger partial charge in [0.05, 0.1) is 0 Å². The van der Waals surface area contributed by atoms with Crippen molar-refractivity contribution < 1.29 is 4.42 Å². The van der Waals surface area contributed by atoms with E-state index in [0.29, 0.717) is 5.89 Å². The standard InChI is InChI=1S/C12H10N2O/c1-8-4-2-6-10-11(8)14-12(15-10)9-5-3-7-13-9/h2-7,13H,1H3. The first-order valence-corrected chi connectivity index (χ1v) is 4.84. The van der Waals surface area contributed by atoms with Gasteiger partial charge in [0.15, 0.2) is 5.58 Å². The van der Waals surface area contributed by atoms with Crippen LogP contribution in [0.25, 0.3) is 22.7 Å². The molecule has 2 aromatic heterocycles. The lowest BCUT2D eigenvalue weighted by Gasteiger charge is -1.88. The second-order valence-corrected chi connectivity index (χ2v) is 3.52. The Bertz CT molecular complexity index is 593. The van der Waals surface area contributed by atoms with Gasteiger partial charge in [-0.15, -0.1) is 0 Å². The van der Waals surface area contributed by atoms with E-state index in [1.807, 2.05) is 43.5 Å². The summed E-state index contributed by atoms with van der Waals surface area (Å²) in [5, 5.41) is 0. The van der Waals surface area contributed by atoms with E-state index in [0.717, 1.165) is 22.4 Å². The Morgan fingerprint density at radius 2 is 2.13 bits per heavy atom. The average Bonchev–Trinajstić information content (AvgIpc) is 2.86. The summed E-state index contributed by atoms with van der Waals surface area (Å²) in [6.45, 7) is 2.03. The number of nitrogens with one attached hydrogen (secondary N) is 1. The van der Waals surface area contributed by atoms with Gasteiger partial charge in [0, 0.05) is 6.20 Å². The Morgan fingerprint density at radius 3 is 2.87 bits per heavy atom. The molecular formula is C12H10N2O. The van der Waals surface area contributed by atoms with Crippen molar-refractivity contribution in [2.75, 3.05) is 0 Å². The van der Waals surface area contributed by atoms with Crippen molar-refractivity contribution in [3.63, 3.8) is 0 Å². The Balaban J connectivity index is 2.27. The van der Waals surface area contributed by atoms with Crippen molar-refractivity contribution in [3.8, 4) is 11.6 Å². The molecule has 1 aromatic carbocycles. The van der Waals surface area contributed by atoms with Gasteiger partial charge in [-0.05, 0) is 30.7 Å². The van der Waals surface area contributed by atoms with Gasteiger partial charge in [0.1, 0.15) is 11.2 Å². The number of hydrogen-bond acceptors (Lipinski definition) is 2. The lowest BCUT2D eigenvalue weighted by atomic mass is 10.2. The maximum atomic E-state index is 5.65. The molecule has 0 aliphatic rings. The Morgan fingerprint density at radius 1 is 1.20 bits per heavy atom. The molecule has 3 nitrogen and oxygen atoms in total. The predicted octanol–water partition coefficient (Wildman–Crippen LogP) is 3.13. The third-order valence-corrected chi connectivity index (χ3v) is 2.45. The monoisotopic (exact) mass is 198 g/mol. The number of aryl methyl sites for hydroxylation is 1. The molecule has 15 heavy (non-hydrogen) atoms. The number of H-pyrrole nitrogens is 1. The molecule has 0 saturated heterocycles. The fourth-order valence-corrected chi connectivity index (χ4v) is 1.66. The van der Waals surface area contributed by atoms with Crippen LogP contribution in [0.5, 0.6) is 0 Å². The van der Waals surface area contributed by atoms with E-state index in [9.17, 15) is 0 Å². The maximum Gasteiger partial charge on any atom is 0.244 e. The first-order valence-electron chi connectivity index (χ1n) is 4.84. The molecule has 74 valence electrons. The molecule has 0 unspecified atom stereocenters. The second kappa shape index (κ2) is 2.98. The smallest absolute Gasteiger partial charge is 0.244 e. The summed E-state index contributed by atoms with van der Waals surface area (Å²) < 4.78 is 5.65. The number of nitrogens with zero attached hydrogens (tertiary/aromatic N) is 1. The predicted molar refractivity (Wildman–Crippen MR) is 58.5 cm³/mol. The third-order valence-electron chi connectivity index (χ3n) is 2.45. The van der Waals surface area contributed by atoms with Crippen molar-refractivity contribution in [3.05, 3.63) is 42.1 Å². The van der Waals surface area contributed by atoms with Crippen molar-refractivity contribution in [2.24, 2.45) is 0 Å². The van der Waals surface area contributed by atoms with E-state index in [1.165, 1.54) is 0 Å². The van der Waals surface area contributed by atoms with E-state index in [4.69, 9.17) is 4.42 Å². The highest BCUT2D eigenvalue weighted by molar-refractivity contribution is 5.78. The van der Waals surface area contributed by atoms with E-state index < -0.39 is 0 Å². The highest BCUT2D eigenvalue weighted by Crippen LogP contribution is 2.24. The normalized spacial score (nSPS) is 11.0. The summed E-state index contributed by atoms with van der Waals surface area (Å²) in [4.78, 5) is 7.53. The van der Waals surface area contributed by atoms with E-state index in [1.54, 1.807) is 0 Å². The molecule has 0 saturated carbocycles. The fourth-order valence-electron chi connectivity index (χ4n) is 1.66. The Hall–Kier alpha value is -2.03. The van der Waals surface area contributed by atoms with Crippen LogP contribution in [0.4, 0.5) is 0 Å². The number of rotatable bonds is 1. The molecule has 3 heteroatoms. The fraction of sp³-hybridized carbons (Fsp3) is 0.0833. The van der Waals surface area contributed by atoms with Crippen molar-refractivity contribution in [1.29, 1.82) is 0 Å². The van der Waals surface area contributed by atoms with E-state index in [2.05, 4.69) is 9.97 Å². The highest BCUT2D eigenvalue weighted by Gasteiger charge is 2.09. The lowest BCUT2D eigenvalue weighted by Crippen LogP contribution is -1.76. The van der Waals surface area contributed by atoms with Gasteiger partial charge in [-0.1, -0.05) is 12.1 Å². The van der Waals surface area contributed by atoms with Gasteiger partial charge in [-0.25, -0.2) is 4.98 Å². The lowest BCUT2D eigenvalue weighted by molar-refractivity contribution is 0.617. The number of benzene rings is 1. The van der Waals surface area contributed by atoms with Crippen molar-refractivity contribution >= 4 is 11.1 Å². The number of fused-ring (bicyclic) bond motifs is 1. The van der Waals surface area contributed by atoms with Crippen LogP contribution in [-0.4, -0.2) is 9.97 Å². The molecule has 0 aliphatic heterocycles. The van der Waals surface area contributed by atoms with Gasteiger partial charge < -0.3 is 9.40 Å². The molecule has 1 N–H and O–H groups in total. The molecule has 0 fully saturated rings. The van der Waals surface area contributed by atoms with Crippen LogP contribution in [0.1, 0.15) is 5.56 Å². The minimum atomic E-state index is 0.643. The zero-order valence-electron chi connectivity index (χ0n) is 8.32. The van der Waals surface area contributed by atoms with Crippen LogP contribution in [0, 0.1) is 6.92 Å². The third kappa shape index (κ3) is 1.24. The molecule has 0 aliphatic carbocycles. The highest BCUT2D eigenvalue weighted by atomic mass is 16.3. The maximum absolute atomic E-state index is 5.65. The molecule has 0 spiro atoms. The number of para-hydroxylation sites is 1. The summed E-state index contributed by atoms with van der Waals surface area (Å²) >= 11 is 0. The molecule has 3 rings (SSSR count). The Kier molecular flexibility index (Phi) is 1.65. The Labute approximate surface area is 86.8 Å². The van der Waals surface area contributed by atoms with Crippen molar-refractivity contribution in [2.45, 2.75) is 6.92 Å². The molecule has 3 aromatic rings. The van der Waals surface area contributed by atoms with Gasteiger partial charge in [0.25, 0.3) is 0 Å². The number of aromatic amines is 1. The summed E-state index contributed by atoms with van der Waals surface area (Å²) in [5.41, 5.74) is 3.81. The van der Waals surface area contributed by atoms with Crippen LogP contribution < -0.4 is 0 Å². The van der Waals surface area contributed by atoms with Crippen LogP contribution in [0.3, 0.4) is 0 Å². The zero-order valence-corrected chi connectivity index (χ0v) is 8.32. The second-order valence-electron chi connectivity index (χ2n) is 3.52. The number of oxazole rings is 1. The topological polar surface area (TPSA) is 41.8 Å². The van der Waals surface area contributed by atoms with E-state index in [-0.39, 0.29) is 0 Å². The van der Waals surface area contributed by atoms with Gasteiger partial charge in [-0.3, -0.25) is 0 Å².